The highest BCUT2D eigenvalue weighted by Crippen LogP contribution is 2.14. The number of esters is 1. The number of hydrogen-bond acceptors (Lipinski definition) is 3. The van der Waals surface area contributed by atoms with E-state index in [1.165, 1.54) is 16.2 Å². The van der Waals surface area contributed by atoms with Crippen molar-refractivity contribution >= 4 is 28.6 Å². The fourth-order valence-electron chi connectivity index (χ4n) is 1.52. The third kappa shape index (κ3) is 5.50. The first kappa shape index (κ1) is 14.4. The molecule has 0 saturated heterocycles. The number of carbonyl (C=O) groups is 1. The van der Waals surface area contributed by atoms with Gasteiger partial charge < -0.3 is 10.1 Å². The molecule has 0 saturated carbocycles. The number of hydrogen-bond donors (Lipinski definition) is 1. The Morgan fingerprint density at radius 2 is 2.06 bits per heavy atom. The standard InChI is InChI=1S/C13H18INO2/c1-10(11-5-7-12(14)8-6-11)15-9-3-4-13(16)17-2/h5-8,10,15H,3-4,9H2,1-2H3. The predicted molar refractivity (Wildman–Crippen MR) is 76.8 cm³/mol. The lowest BCUT2D eigenvalue weighted by atomic mass is 10.1. The van der Waals surface area contributed by atoms with Crippen molar-refractivity contribution in [3.8, 4) is 0 Å². The highest BCUT2D eigenvalue weighted by atomic mass is 127. The van der Waals surface area contributed by atoms with Crippen LogP contribution in [0.25, 0.3) is 0 Å². The molecule has 0 spiro atoms. The summed E-state index contributed by atoms with van der Waals surface area (Å²) < 4.78 is 5.83. The molecular weight excluding hydrogens is 329 g/mol. The van der Waals surface area contributed by atoms with Crippen molar-refractivity contribution in [2.45, 2.75) is 25.8 Å². The van der Waals surface area contributed by atoms with Gasteiger partial charge in [0.1, 0.15) is 0 Å². The molecule has 94 valence electrons. The Kier molecular flexibility index (Phi) is 6.50. The van der Waals surface area contributed by atoms with Crippen LogP contribution in [0.5, 0.6) is 0 Å². The molecule has 0 bridgehead atoms. The van der Waals surface area contributed by atoms with Gasteiger partial charge >= 0.3 is 5.97 Å². The van der Waals surface area contributed by atoms with E-state index in [-0.39, 0.29) is 5.97 Å². The fraction of sp³-hybridized carbons (Fsp3) is 0.462. The predicted octanol–water partition coefficient (Wildman–Crippen LogP) is 2.90. The van der Waals surface area contributed by atoms with E-state index in [1.807, 2.05) is 0 Å². The summed E-state index contributed by atoms with van der Waals surface area (Å²) in [6.45, 7) is 2.95. The molecule has 0 aliphatic heterocycles. The van der Waals surface area contributed by atoms with Crippen molar-refractivity contribution in [2.24, 2.45) is 0 Å². The van der Waals surface area contributed by atoms with Gasteiger partial charge in [-0.3, -0.25) is 4.79 Å². The van der Waals surface area contributed by atoms with Gasteiger partial charge in [0.05, 0.1) is 7.11 Å². The molecule has 0 radical (unpaired) electrons. The smallest absolute Gasteiger partial charge is 0.305 e. The van der Waals surface area contributed by atoms with Crippen LogP contribution in [0.2, 0.25) is 0 Å². The lowest BCUT2D eigenvalue weighted by Gasteiger charge is -2.14. The Bertz CT molecular complexity index is 351. The molecular formula is C13H18INO2. The Balaban J connectivity index is 2.27. The topological polar surface area (TPSA) is 38.3 Å². The average Bonchev–Trinajstić information content (AvgIpc) is 2.34. The van der Waals surface area contributed by atoms with E-state index >= 15 is 0 Å². The molecule has 0 amide bonds. The van der Waals surface area contributed by atoms with Crippen molar-refractivity contribution < 1.29 is 9.53 Å². The Morgan fingerprint density at radius 3 is 2.65 bits per heavy atom. The molecule has 0 aliphatic carbocycles. The largest absolute Gasteiger partial charge is 0.469 e. The maximum atomic E-state index is 10.9. The van der Waals surface area contributed by atoms with E-state index in [0.29, 0.717) is 12.5 Å². The van der Waals surface area contributed by atoms with Crippen LogP contribution in [0.1, 0.15) is 31.4 Å². The summed E-state index contributed by atoms with van der Waals surface area (Å²) in [6.07, 6.45) is 1.28. The zero-order valence-corrected chi connectivity index (χ0v) is 12.4. The average molecular weight is 347 g/mol. The Hall–Kier alpha value is -0.620. The molecule has 1 atom stereocenters. The number of ether oxygens (including phenoxy) is 1. The summed E-state index contributed by atoms with van der Waals surface area (Å²) in [5.41, 5.74) is 1.27. The maximum absolute atomic E-state index is 10.9. The van der Waals surface area contributed by atoms with Gasteiger partial charge in [0.2, 0.25) is 0 Å². The number of benzene rings is 1. The number of carbonyl (C=O) groups excluding carboxylic acids is 1. The lowest BCUT2D eigenvalue weighted by molar-refractivity contribution is -0.140. The van der Waals surface area contributed by atoms with E-state index in [2.05, 4.69) is 63.8 Å². The number of methoxy groups -OCH3 is 1. The van der Waals surface area contributed by atoms with Gasteiger partial charge in [0.15, 0.2) is 0 Å². The maximum Gasteiger partial charge on any atom is 0.305 e. The summed E-state index contributed by atoms with van der Waals surface area (Å²) >= 11 is 2.29. The molecule has 0 aromatic heterocycles. The molecule has 0 aliphatic rings. The molecule has 1 N–H and O–H groups in total. The van der Waals surface area contributed by atoms with Crippen molar-refractivity contribution in [3.05, 3.63) is 33.4 Å². The minimum absolute atomic E-state index is 0.145. The molecule has 4 heteroatoms. The second kappa shape index (κ2) is 7.66. The highest BCUT2D eigenvalue weighted by molar-refractivity contribution is 14.1. The Labute approximate surface area is 116 Å². The second-order valence-electron chi connectivity index (χ2n) is 3.91. The summed E-state index contributed by atoms with van der Waals surface area (Å²) in [7, 11) is 1.42. The number of rotatable bonds is 6. The third-order valence-corrected chi connectivity index (χ3v) is 3.33. The number of halogens is 1. The van der Waals surface area contributed by atoms with Crippen molar-refractivity contribution in [2.75, 3.05) is 13.7 Å². The second-order valence-corrected chi connectivity index (χ2v) is 5.15. The lowest BCUT2D eigenvalue weighted by Crippen LogP contribution is -2.20. The molecule has 1 rings (SSSR count). The van der Waals surface area contributed by atoms with Gasteiger partial charge in [0, 0.05) is 16.0 Å². The van der Waals surface area contributed by atoms with Crippen molar-refractivity contribution in [1.82, 2.24) is 5.32 Å². The van der Waals surface area contributed by atoms with Gasteiger partial charge in [-0.2, -0.15) is 0 Å². The zero-order chi connectivity index (χ0) is 12.7. The van der Waals surface area contributed by atoms with E-state index in [0.717, 1.165) is 13.0 Å². The summed E-state index contributed by atoms with van der Waals surface area (Å²) in [5.74, 6) is -0.145. The van der Waals surface area contributed by atoms with E-state index in [9.17, 15) is 4.79 Å². The first-order valence-electron chi connectivity index (χ1n) is 5.69. The van der Waals surface area contributed by atoms with Gasteiger partial charge in [0.25, 0.3) is 0 Å². The van der Waals surface area contributed by atoms with E-state index < -0.39 is 0 Å². The molecule has 3 nitrogen and oxygen atoms in total. The van der Waals surface area contributed by atoms with E-state index in [4.69, 9.17) is 0 Å². The third-order valence-electron chi connectivity index (χ3n) is 2.61. The molecule has 1 aromatic carbocycles. The van der Waals surface area contributed by atoms with Crippen LogP contribution in [0.15, 0.2) is 24.3 Å². The van der Waals surface area contributed by atoms with Gasteiger partial charge in [-0.25, -0.2) is 0 Å². The molecule has 17 heavy (non-hydrogen) atoms. The zero-order valence-electron chi connectivity index (χ0n) is 10.2. The van der Waals surface area contributed by atoms with Crippen LogP contribution in [-0.2, 0) is 9.53 Å². The van der Waals surface area contributed by atoms with Crippen LogP contribution in [0.3, 0.4) is 0 Å². The van der Waals surface area contributed by atoms with Crippen LogP contribution >= 0.6 is 22.6 Å². The van der Waals surface area contributed by atoms with Crippen LogP contribution < -0.4 is 5.32 Å². The van der Waals surface area contributed by atoms with Gasteiger partial charge in [-0.1, -0.05) is 12.1 Å². The van der Waals surface area contributed by atoms with Gasteiger partial charge in [-0.15, -0.1) is 0 Å². The molecule has 1 aromatic rings. The minimum Gasteiger partial charge on any atom is -0.469 e. The van der Waals surface area contributed by atoms with Crippen molar-refractivity contribution in [1.29, 1.82) is 0 Å². The first-order valence-corrected chi connectivity index (χ1v) is 6.77. The van der Waals surface area contributed by atoms with Crippen molar-refractivity contribution in [3.63, 3.8) is 0 Å². The van der Waals surface area contributed by atoms with E-state index in [1.54, 1.807) is 0 Å². The fourth-order valence-corrected chi connectivity index (χ4v) is 1.88. The Morgan fingerprint density at radius 1 is 1.41 bits per heavy atom. The quantitative estimate of drug-likeness (QED) is 0.489. The summed E-state index contributed by atoms with van der Waals surface area (Å²) in [6, 6.07) is 8.76. The summed E-state index contributed by atoms with van der Waals surface area (Å²) in [5, 5.41) is 3.39. The monoisotopic (exact) mass is 347 g/mol. The number of nitrogens with one attached hydrogen (secondary N) is 1. The van der Waals surface area contributed by atoms with Crippen LogP contribution in [0, 0.1) is 3.57 Å². The normalized spacial score (nSPS) is 12.2. The molecule has 0 heterocycles. The minimum atomic E-state index is -0.145. The van der Waals surface area contributed by atoms with Crippen LogP contribution in [0.4, 0.5) is 0 Å². The first-order chi connectivity index (χ1) is 8.13. The SMILES string of the molecule is COC(=O)CCCNC(C)c1ccc(I)cc1. The molecule has 0 fully saturated rings. The highest BCUT2D eigenvalue weighted by Gasteiger charge is 2.05. The van der Waals surface area contributed by atoms with Gasteiger partial charge in [-0.05, 0) is 60.2 Å². The summed E-state index contributed by atoms with van der Waals surface area (Å²) in [4.78, 5) is 10.9. The van der Waals surface area contributed by atoms with Crippen LogP contribution in [-0.4, -0.2) is 19.6 Å². The molecule has 1 unspecified atom stereocenters.